The molecular weight excluding hydrogens is 564 g/mol. The van der Waals surface area contributed by atoms with Crippen LogP contribution in [0, 0.1) is 0 Å². The number of likely N-dealkylation sites (tertiary alicyclic amines) is 1. The normalized spacial score (nSPS) is 16.1. The third kappa shape index (κ3) is 8.79. The lowest BCUT2D eigenvalue weighted by Gasteiger charge is -2.32. The lowest BCUT2D eigenvalue weighted by molar-refractivity contribution is 0.208. The maximum absolute atomic E-state index is 5.81. The van der Waals surface area contributed by atoms with Gasteiger partial charge in [0, 0.05) is 72.8 Å². The molecular formula is C35H48N8O2. The van der Waals surface area contributed by atoms with E-state index >= 15 is 0 Å². The van der Waals surface area contributed by atoms with Crippen molar-refractivity contribution in [1.82, 2.24) is 30.2 Å². The predicted octanol–water partition coefficient (Wildman–Crippen LogP) is 5.49. The summed E-state index contributed by atoms with van der Waals surface area (Å²) in [6.07, 6.45) is 14.0. The van der Waals surface area contributed by atoms with E-state index in [-0.39, 0.29) is 0 Å². The maximum atomic E-state index is 5.81. The average Bonchev–Trinajstić information content (AvgIpc) is 3.10. The lowest BCUT2D eigenvalue weighted by atomic mass is 10.0. The van der Waals surface area contributed by atoms with Crippen LogP contribution in [0.25, 0.3) is 10.8 Å². The second-order valence-electron chi connectivity index (χ2n) is 11.7. The summed E-state index contributed by atoms with van der Waals surface area (Å²) in [7, 11) is 3.47. The van der Waals surface area contributed by atoms with Gasteiger partial charge in [-0.15, -0.1) is 0 Å². The molecule has 0 saturated carbocycles. The van der Waals surface area contributed by atoms with Gasteiger partial charge in [0.15, 0.2) is 0 Å². The van der Waals surface area contributed by atoms with Gasteiger partial charge in [-0.25, -0.2) is 19.9 Å². The molecule has 0 radical (unpaired) electrons. The van der Waals surface area contributed by atoms with Crippen molar-refractivity contribution in [1.29, 1.82) is 0 Å². The first kappa shape index (κ1) is 32.4. The highest BCUT2D eigenvalue weighted by Gasteiger charge is 2.22. The topological polar surface area (TPSA) is 109 Å². The number of ether oxygens (including phenoxy) is 2. The first-order valence-electron chi connectivity index (χ1n) is 16.3. The summed E-state index contributed by atoms with van der Waals surface area (Å²) in [6.45, 7) is 9.28. The summed E-state index contributed by atoms with van der Waals surface area (Å²) in [5.41, 5.74) is 3.51. The number of anilines is 2. The van der Waals surface area contributed by atoms with E-state index in [1.54, 1.807) is 14.2 Å². The molecule has 0 aliphatic carbocycles. The quantitative estimate of drug-likeness (QED) is 0.213. The maximum Gasteiger partial charge on any atom is 0.222 e. The van der Waals surface area contributed by atoms with E-state index in [0.717, 1.165) is 117 Å². The fourth-order valence-corrected chi connectivity index (χ4v) is 5.93. The Balaban J connectivity index is 0.000000223. The minimum Gasteiger partial charge on any atom is -0.496 e. The molecule has 45 heavy (non-hydrogen) atoms. The molecule has 0 unspecified atom stereocenters. The van der Waals surface area contributed by atoms with E-state index in [1.165, 1.54) is 5.56 Å². The van der Waals surface area contributed by atoms with Crippen molar-refractivity contribution in [2.24, 2.45) is 0 Å². The van der Waals surface area contributed by atoms with Gasteiger partial charge >= 0.3 is 0 Å². The van der Waals surface area contributed by atoms with Crippen molar-refractivity contribution >= 4 is 22.7 Å². The van der Waals surface area contributed by atoms with Crippen LogP contribution in [0.5, 0.6) is 11.5 Å². The first-order chi connectivity index (χ1) is 22.1. The van der Waals surface area contributed by atoms with Crippen LogP contribution in [-0.2, 0) is 19.4 Å². The molecule has 2 aliphatic heterocycles. The molecule has 10 nitrogen and oxygen atoms in total. The van der Waals surface area contributed by atoms with Crippen molar-refractivity contribution in [2.75, 3.05) is 51.0 Å². The molecule has 0 atom stereocenters. The molecule has 0 amide bonds. The Morgan fingerprint density at radius 1 is 0.756 bits per heavy atom. The Bertz CT molecular complexity index is 1470. The average molecular weight is 613 g/mol. The van der Waals surface area contributed by atoms with E-state index in [4.69, 9.17) is 9.47 Å². The molecule has 240 valence electrons. The molecule has 2 aromatic heterocycles. The second kappa shape index (κ2) is 16.3. The highest BCUT2D eigenvalue weighted by molar-refractivity contribution is 5.94. The summed E-state index contributed by atoms with van der Waals surface area (Å²) in [5, 5.41) is 12.4. The van der Waals surface area contributed by atoms with Crippen LogP contribution in [0.1, 0.15) is 56.2 Å². The van der Waals surface area contributed by atoms with Gasteiger partial charge in [0.25, 0.3) is 0 Å². The molecule has 0 spiro atoms. The van der Waals surface area contributed by atoms with Crippen LogP contribution in [0.15, 0.2) is 55.1 Å². The summed E-state index contributed by atoms with van der Waals surface area (Å²) in [4.78, 5) is 19.9. The number of fused-ring (bicyclic) bond motifs is 1. The molecule has 2 saturated heterocycles. The van der Waals surface area contributed by atoms with Crippen LogP contribution in [0.3, 0.4) is 0 Å². The van der Waals surface area contributed by atoms with Crippen molar-refractivity contribution in [2.45, 2.75) is 71.0 Å². The molecule has 2 aliphatic rings. The lowest BCUT2D eigenvalue weighted by Crippen LogP contribution is -2.39. The summed E-state index contributed by atoms with van der Waals surface area (Å²) >= 11 is 0. The molecule has 4 aromatic rings. The smallest absolute Gasteiger partial charge is 0.222 e. The number of hydrogen-bond acceptors (Lipinski definition) is 10. The number of benzene rings is 2. The fraction of sp³-hybridized carbons (Fsp3) is 0.486. The monoisotopic (exact) mass is 612 g/mol. The number of piperidine rings is 2. The number of aryl methyl sites for hydroxylation is 2. The number of methoxy groups -OCH3 is 2. The summed E-state index contributed by atoms with van der Waals surface area (Å²) < 4.78 is 11.5. The zero-order chi connectivity index (χ0) is 31.4. The van der Waals surface area contributed by atoms with Gasteiger partial charge in [-0.2, -0.15) is 0 Å². The molecule has 6 rings (SSSR count). The molecule has 2 fully saturated rings. The van der Waals surface area contributed by atoms with Gasteiger partial charge < -0.3 is 25.4 Å². The number of nitrogens with one attached hydrogen (secondary N) is 3. The van der Waals surface area contributed by atoms with Gasteiger partial charge in [0.1, 0.15) is 11.5 Å². The van der Waals surface area contributed by atoms with Crippen molar-refractivity contribution in [3.8, 4) is 11.5 Å². The summed E-state index contributed by atoms with van der Waals surface area (Å²) in [6, 6.07) is 11.3. The van der Waals surface area contributed by atoms with Gasteiger partial charge in [0.2, 0.25) is 11.9 Å². The highest BCUT2D eigenvalue weighted by atomic mass is 16.5. The number of rotatable bonds is 10. The zero-order valence-electron chi connectivity index (χ0n) is 27.2. The highest BCUT2D eigenvalue weighted by Crippen LogP contribution is 2.37. The minimum absolute atomic E-state index is 0.404. The number of aromatic nitrogens is 4. The number of hydrogen-bond donors (Lipinski definition) is 3. The Labute approximate surface area is 267 Å². The van der Waals surface area contributed by atoms with E-state index in [9.17, 15) is 0 Å². The Morgan fingerprint density at radius 2 is 1.29 bits per heavy atom. The van der Waals surface area contributed by atoms with Gasteiger partial charge in [-0.1, -0.05) is 38.1 Å². The first-order valence-corrected chi connectivity index (χ1v) is 16.3. The summed E-state index contributed by atoms with van der Waals surface area (Å²) in [5.74, 6) is 3.33. The van der Waals surface area contributed by atoms with Crippen LogP contribution >= 0.6 is 0 Å². The second-order valence-corrected chi connectivity index (χ2v) is 11.7. The van der Waals surface area contributed by atoms with Gasteiger partial charge in [0.05, 0.1) is 14.2 Å². The molecule has 0 bridgehead atoms. The largest absolute Gasteiger partial charge is 0.496 e. The van der Waals surface area contributed by atoms with Crippen molar-refractivity contribution in [3.05, 3.63) is 71.8 Å². The fourth-order valence-electron chi connectivity index (χ4n) is 5.93. The van der Waals surface area contributed by atoms with E-state index in [0.29, 0.717) is 12.1 Å². The third-order valence-corrected chi connectivity index (χ3v) is 8.67. The molecule has 4 heterocycles. The third-order valence-electron chi connectivity index (χ3n) is 8.67. The van der Waals surface area contributed by atoms with Gasteiger partial charge in [-0.3, -0.25) is 4.90 Å². The minimum atomic E-state index is 0.404. The van der Waals surface area contributed by atoms with E-state index in [1.807, 2.05) is 36.9 Å². The Kier molecular flexibility index (Phi) is 11.8. The standard InChI is InChI=1S/C24H30N4O2.C11H18N4/c1-4-17-14-25-24(26-15-17)27-19-9-11-28(12-10-19)16-18-13-22(29-2)20-7-5-6-8-21(20)23(18)30-3;1-2-9-7-13-11(14-8-9)15-10-3-5-12-6-4-10/h5-8,13-15,19H,4,9-12,16H2,1-3H3,(H,25,26,27);7-8,10,12H,2-6H2,1H3,(H,13,14,15). The molecule has 10 heteroatoms. The van der Waals surface area contributed by atoms with Crippen LogP contribution in [-0.4, -0.2) is 77.3 Å². The zero-order valence-corrected chi connectivity index (χ0v) is 27.2. The van der Waals surface area contributed by atoms with E-state index < -0.39 is 0 Å². The van der Waals surface area contributed by atoms with Crippen LogP contribution < -0.4 is 25.4 Å². The van der Waals surface area contributed by atoms with Crippen LogP contribution in [0.2, 0.25) is 0 Å². The van der Waals surface area contributed by atoms with Crippen molar-refractivity contribution in [3.63, 3.8) is 0 Å². The SMILES string of the molecule is CCc1cnc(NC2CCN(Cc3cc(OC)c4ccccc4c3OC)CC2)nc1.CCc1cnc(NC2CCNCC2)nc1. The van der Waals surface area contributed by atoms with Crippen LogP contribution in [0.4, 0.5) is 11.9 Å². The Hall–Kier alpha value is -4.02. The molecule has 2 aromatic carbocycles. The molecule has 3 N–H and O–H groups in total. The predicted molar refractivity (Wildman–Crippen MR) is 181 cm³/mol. The van der Waals surface area contributed by atoms with Crippen molar-refractivity contribution < 1.29 is 9.47 Å². The van der Waals surface area contributed by atoms with Gasteiger partial charge in [-0.05, 0) is 68.8 Å². The van der Waals surface area contributed by atoms with E-state index in [2.05, 4.69) is 72.8 Å². The Morgan fingerprint density at radius 3 is 1.80 bits per heavy atom. The number of nitrogens with zero attached hydrogens (tertiary/aromatic N) is 5.